The SMILES string of the molecule is Cc1cn([C@H]2C[C@H](OP(=O)(O)OC[C@H]3O[C@@H](n4cc(C)c(=O)[nH]c4=O)C[C@@H]3OP(=O)(O)OC[C@H]3O[C@@H](n4cc(C)c(=O)[nH]c4=O)C[C@@H]3OP(=O)(O)OC[C@H]3O[C@@H](n4cc(C)c(=O)[nH]c4=O)C[C@@H]3OP(=O)(O)OC[C@H]3O[C@@H](n4cc(C)c(=O)[nH]c4=O)C[C@@H]3OP(=O)(O)OC[C@H]3O[C@@H](n4cc(C)c(=O)[nH]c4=O)C[C@@H]3OP(=O)(O)OCCCCCCNC(=O)C=O)[C@@H](CO)O2)c(=O)[nH]c1=O. The molecule has 0 saturated carbocycles. The number of aliphatic hydroxyl groups excluding tert-OH is 1. The number of aliphatic hydroxyl groups is 1. The van der Waals surface area contributed by atoms with Crippen LogP contribution in [0.3, 0.4) is 0 Å². The van der Waals surface area contributed by atoms with Crippen molar-refractivity contribution in [3.05, 3.63) is 196 Å². The molecular formula is C68H93N13O45P6. The van der Waals surface area contributed by atoms with Gasteiger partial charge in [-0.1, -0.05) is 12.8 Å². The maximum absolute atomic E-state index is 14.4. The van der Waals surface area contributed by atoms with Crippen molar-refractivity contribution >= 4 is 59.1 Å². The van der Waals surface area contributed by atoms with E-state index in [9.17, 15) is 129 Å². The van der Waals surface area contributed by atoms with Gasteiger partial charge in [0.2, 0.25) is 6.29 Å². The van der Waals surface area contributed by atoms with Gasteiger partial charge in [0.1, 0.15) is 111 Å². The van der Waals surface area contributed by atoms with Crippen LogP contribution in [0, 0.1) is 41.5 Å². The number of H-pyrrole nitrogens is 6. The van der Waals surface area contributed by atoms with Gasteiger partial charge in [0.15, 0.2) is 0 Å². The van der Waals surface area contributed by atoms with Crippen molar-refractivity contribution in [1.29, 1.82) is 0 Å². The number of phosphoric ester groups is 6. The zero-order valence-corrected chi connectivity index (χ0v) is 75.5. The lowest BCUT2D eigenvalue weighted by Crippen LogP contribution is -2.33. The predicted molar refractivity (Wildman–Crippen MR) is 436 cm³/mol. The van der Waals surface area contributed by atoms with Crippen LogP contribution in [0.15, 0.2) is 94.7 Å². The van der Waals surface area contributed by atoms with Crippen LogP contribution < -0.4 is 72.8 Å². The van der Waals surface area contributed by atoms with Crippen LogP contribution in [0.25, 0.3) is 0 Å². The summed E-state index contributed by atoms with van der Waals surface area (Å²) in [5, 5.41) is 12.5. The third-order valence-electron chi connectivity index (χ3n) is 21.4. The minimum atomic E-state index is -5.76. The number of aryl methyl sites for hydroxylation is 6. The first-order valence-corrected chi connectivity index (χ1v) is 49.1. The van der Waals surface area contributed by atoms with Gasteiger partial charge in [-0.05, 0) is 54.4 Å². The molecule has 0 radical (unpaired) electrons. The van der Waals surface area contributed by atoms with Gasteiger partial charge < -0.3 is 68.2 Å². The van der Waals surface area contributed by atoms with Crippen LogP contribution in [0.5, 0.6) is 0 Å². The van der Waals surface area contributed by atoms with E-state index in [2.05, 4.69) is 15.3 Å². The molecule has 0 spiro atoms. The topological polar surface area (TPSA) is 786 Å². The number of nitrogens with zero attached hydrogens (tertiary/aromatic N) is 6. The van der Waals surface area contributed by atoms with Crippen molar-refractivity contribution in [3.8, 4) is 0 Å². The fourth-order valence-electron chi connectivity index (χ4n) is 14.7. The molecule has 12 rings (SSSR count). The van der Waals surface area contributed by atoms with Gasteiger partial charge in [0.25, 0.3) is 39.3 Å². The van der Waals surface area contributed by atoms with Crippen LogP contribution in [0.2, 0.25) is 0 Å². The third-order valence-corrected chi connectivity index (χ3v) is 27.5. The first-order valence-electron chi connectivity index (χ1n) is 40.1. The summed E-state index contributed by atoms with van der Waals surface area (Å²) in [7, 11) is -33.3. The molecule has 24 atom stereocenters. The molecule has 58 nitrogen and oxygen atoms in total. The minimum Gasteiger partial charge on any atom is -0.394 e. The first-order chi connectivity index (χ1) is 61.9. The van der Waals surface area contributed by atoms with E-state index >= 15 is 0 Å². The van der Waals surface area contributed by atoms with Gasteiger partial charge in [0, 0.05) is 116 Å². The Balaban J connectivity index is 0.736. The van der Waals surface area contributed by atoms with Crippen LogP contribution in [-0.4, -0.2) is 230 Å². The largest absolute Gasteiger partial charge is 0.472 e. The Hall–Kier alpha value is -8.40. The molecule has 0 aromatic carbocycles. The average Bonchev–Trinajstić information content (AvgIpc) is 1.66. The number of nitrogens with one attached hydrogen (secondary N) is 7. The number of unbranched alkanes of at least 4 members (excludes halogenated alkanes) is 3. The summed E-state index contributed by atoms with van der Waals surface area (Å²) in [6, 6.07) is 0. The summed E-state index contributed by atoms with van der Waals surface area (Å²) in [6.45, 7) is 0.920. The second-order valence-electron chi connectivity index (χ2n) is 31.1. The van der Waals surface area contributed by atoms with E-state index in [1.54, 1.807) is 0 Å². The molecule has 0 aliphatic carbocycles. The van der Waals surface area contributed by atoms with Crippen molar-refractivity contribution < 1.29 is 154 Å². The lowest BCUT2D eigenvalue weighted by atomic mass is 10.2. The van der Waals surface area contributed by atoms with Crippen molar-refractivity contribution in [2.75, 3.05) is 52.8 Å². The van der Waals surface area contributed by atoms with Crippen LogP contribution >= 0.6 is 46.9 Å². The molecule has 64 heteroatoms. The highest BCUT2D eigenvalue weighted by Crippen LogP contribution is 2.57. The smallest absolute Gasteiger partial charge is 0.394 e. The number of rotatable bonds is 43. The summed E-state index contributed by atoms with van der Waals surface area (Å²) in [4.78, 5) is 256. The summed E-state index contributed by atoms with van der Waals surface area (Å²) in [5.74, 6) is -0.820. The molecule has 730 valence electrons. The second-order valence-corrected chi connectivity index (χ2v) is 39.5. The Morgan fingerprint density at radius 2 is 0.538 bits per heavy atom. The number of amides is 1. The zero-order valence-electron chi connectivity index (χ0n) is 70.2. The Morgan fingerprint density at radius 1 is 0.341 bits per heavy atom. The monoisotopic (exact) mass is 2000 g/mol. The zero-order chi connectivity index (χ0) is 96.2. The maximum atomic E-state index is 14.4. The molecule has 6 unspecified atom stereocenters. The Bertz CT molecular complexity index is 6360. The summed E-state index contributed by atoms with van der Waals surface area (Å²) < 4.78 is 190. The summed E-state index contributed by atoms with van der Waals surface area (Å²) in [5.41, 5.74) is -11.6. The van der Waals surface area contributed by atoms with Crippen molar-refractivity contribution in [2.45, 2.75) is 216 Å². The van der Waals surface area contributed by atoms with Crippen molar-refractivity contribution in [1.82, 2.24) is 62.6 Å². The van der Waals surface area contributed by atoms with Crippen LogP contribution in [-0.2, 0) is 120 Å². The molecule has 1 amide bonds. The fourth-order valence-corrected chi connectivity index (χ4v) is 20.5. The van der Waals surface area contributed by atoms with E-state index in [0.29, 0.717) is 19.3 Å². The molecule has 12 heterocycles. The van der Waals surface area contributed by atoms with Gasteiger partial charge in [-0.25, -0.2) is 56.2 Å². The first kappa shape index (κ1) is 103. The lowest BCUT2D eigenvalue weighted by Gasteiger charge is -2.26. The van der Waals surface area contributed by atoms with Gasteiger partial charge in [0.05, 0.1) is 46.2 Å². The van der Waals surface area contributed by atoms with Gasteiger partial charge >= 0.3 is 81.1 Å². The Kier molecular flexibility index (Phi) is 33.0. The van der Waals surface area contributed by atoms with E-state index in [1.807, 2.05) is 19.9 Å². The summed E-state index contributed by atoms with van der Waals surface area (Å²) >= 11 is 0. The summed E-state index contributed by atoms with van der Waals surface area (Å²) in [6.07, 6.45) is -25.9. The van der Waals surface area contributed by atoms with E-state index in [4.69, 9.17) is 82.7 Å². The number of hydrogen-bond donors (Lipinski definition) is 14. The number of ether oxygens (including phenoxy) is 6. The predicted octanol–water partition coefficient (Wildman–Crippen LogP) is -2.26. The van der Waals surface area contributed by atoms with E-state index < -0.39 is 309 Å². The number of aldehydes is 1. The molecule has 0 bridgehead atoms. The van der Waals surface area contributed by atoms with E-state index in [-0.39, 0.29) is 59.2 Å². The molecule has 6 aliphatic rings. The van der Waals surface area contributed by atoms with Gasteiger partial charge in [-0.3, -0.25) is 150 Å². The molecular weight excluding hydrogens is 1900 g/mol. The van der Waals surface area contributed by atoms with E-state index in [0.717, 1.165) is 64.6 Å². The number of hydrogen-bond acceptors (Lipinski definition) is 39. The molecule has 132 heavy (non-hydrogen) atoms. The highest BCUT2D eigenvalue weighted by Gasteiger charge is 2.52. The number of aromatic nitrogens is 12. The fraction of sp³-hybridized carbons (Fsp3) is 0.618. The van der Waals surface area contributed by atoms with Crippen LogP contribution in [0.1, 0.15) is 135 Å². The average molecular weight is 2000 g/mol. The Labute approximate surface area is 737 Å². The highest BCUT2D eigenvalue weighted by molar-refractivity contribution is 7.48. The Morgan fingerprint density at radius 3 is 0.750 bits per heavy atom. The second kappa shape index (κ2) is 42.5. The quantitative estimate of drug-likeness (QED) is 0.00832. The number of aromatic amines is 6. The number of phosphoric acid groups is 6. The van der Waals surface area contributed by atoms with Crippen LogP contribution in [0.4, 0.5) is 0 Å². The molecule has 6 aromatic rings. The van der Waals surface area contributed by atoms with Gasteiger partial charge in [-0.15, -0.1) is 0 Å². The minimum absolute atomic E-state index is 0.000315. The van der Waals surface area contributed by atoms with Gasteiger partial charge in [-0.2, -0.15) is 0 Å². The molecule has 6 saturated heterocycles. The maximum Gasteiger partial charge on any atom is 0.472 e. The van der Waals surface area contributed by atoms with E-state index in [1.165, 1.54) is 41.5 Å². The number of carbonyl (C=O) groups is 2. The molecule has 6 aliphatic heterocycles. The normalized spacial score (nSPS) is 28.3. The third kappa shape index (κ3) is 26.2. The van der Waals surface area contributed by atoms with Crippen molar-refractivity contribution in [3.63, 3.8) is 0 Å². The molecule has 6 fully saturated rings. The lowest BCUT2D eigenvalue weighted by molar-refractivity contribution is -0.131. The van der Waals surface area contributed by atoms with Crippen molar-refractivity contribution in [2.24, 2.45) is 0 Å². The molecule has 6 aromatic heterocycles. The molecule has 14 N–H and O–H groups in total. The number of carbonyl (C=O) groups excluding carboxylic acids is 2. The standard InChI is InChI=1S/C68H93N13O45P6/c1-32-19-76(63(91)70-57(32)85)51-13-38(44(25-82)115-51)121-128(99,100)110-28-46-40(15-53(117-46)78-21-34(3)59(87)72-65(78)93)123-130(103,104)112-30-48-42(17-55(119-48)80-23-36(5)61(89)74-67(80)95)125-132(107,108)114-31-49-43(18-56(120-49)81-24-37(6)62(90)75-68(81)96)126-131(105,106)113-29-47-41(16-54(118-47)79-22-35(4)60(88)73-66(79)94)124-129(101,102)111-27-45-39(14-52(116-45)77-20-33(2)58(86)71-64(77)92)122-127(97,98)109-12-10-8-7-9-11-69-50(84)26-83/h19-24,26,38-49,51-56,82H,7-18,25,27-31H2,1-6H3,(H,69,84)(H,97,98)(H,99,100)(H,101,102)(H,103,104)(H,105,106)(H,107,108)(H,70,85,91)(H,71,86,92)(H,72,87,93)(H,73,88,94)(H,74,89,95)(H,75,90,96)/t38-,39-,40-,41-,42-,43-,44+,45+,46+,47+,48+,49+,51+,52+,53+,54+,55+,56+/m0/s1. The highest BCUT2D eigenvalue weighted by atomic mass is 31.2.